The Kier molecular flexibility index (Phi) is 4.85. The van der Waals surface area contributed by atoms with Crippen LogP contribution in [0.5, 0.6) is 0 Å². The molecule has 0 bridgehead atoms. The highest BCUT2D eigenvalue weighted by atomic mass is 35.5. The minimum atomic E-state index is -3.96. The van der Waals surface area contributed by atoms with E-state index < -0.39 is 10.0 Å². The molecule has 0 saturated carbocycles. The fourth-order valence-corrected chi connectivity index (χ4v) is 4.78. The second-order valence-corrected chi connectivity index (χ2v) is 8.69. The molecule has 2 aromatic heterocycles. The maximum Gasteiger partial charge on any atom is 0.271 e. The van der Waals surface area contributed by atoms with Crippen LogP contribution in [-0.2, 0) is 10.0 Å². The van der Waals surface area contributed by atoms with E-state index in [1.807, 2.05) is 0 Å². The normalized spacial score (nSPS) is 11.7. The molecule has 0 atom stereocenters. The van der Waals surface area contributed by atoms with E-state index >= 15 is 0 Å². The van der Waals surface area contributed by atoms with Crippen LogP contribution in [-0.4, -0.2) is 31.3 Å². The van der Waals surface area contributed by atoms with Gasteiger partial charge in [0, 0.05) is 29.5 Å². The number of amides is 1. The van der Waals surface area contributed by atoms with Crippen LogP contribution in [0.1, 0.15) is 10.5 Å². The van der Waals surface area contributed by atoms with Crippen LogP contribution in [0.4, 0.5) is 5.69 Å². The van der Waals surface area contributed by atoms with Gasteiger partial charge in [0.2, 0.25) is 0 Å². The zero-order chi connectivity index (χ0) is 20.8. The summed E-state index contributed by atoms with van der Waals surface area (Å²) in [6.07, 6.45) is 1.50. The number of aromatic nitrogens is 2. The number of nitrogens with zero attached hydrogens (tertiary/aromatic N) is 1. The van der Waals surface area contributed by atoms with Crippen molar-refractivity contribution in [2.75, 3.05) is 11.8 Å². The Balaban J connectivity index is 1.85. The van der Waals surface area contributed by atoms with Gasteiger partial charge in [0.05, 0.1) is 26.1 Å². The highest BCUT2D eigenvalue weighted by Crippen LogP contribution is 2.33. The molecule has 0 fully saturated rings. The molecule has 7 nitrogen and oxygen atoms in total. The maximum absolute atomic E-state index is 12.9. The molecule has 0 unspecified atom stereocenters. The molecule has 148 valence electrons. The van der Waals surface area contributed by atoms with Gasteiger partial charge in [-0.2, -0.15) is 0 Å². The van der Waals surface area contributed by atoms with Gasteiger partial charge in [-0.3, -0.25) is 9.52 Å². The molecule has 29 heavy (non-hydrogen) atoms. The Morgan fingerprint density at radius 2 is 1.79 bits per heavy atom. The second-order valence-electron chi connectivity index (χ2n) is 6.20. The number of fused-ring (bicyclic) bond motifs is 3. The van der Waals surface area contributed by atoms with Crippen LogP contribution < -0.4 is 10.0 Å². The van der Waals surface area contributed by atoms with Crippen LogP contribution >= 0.6 is 23.2 Å². The molecule has 4 rings (SSSR count). The Morgan fingerprint density at radius 3 is 2.48 bits per heavy atom. The van der Waals surface area contributed by atoms with E-state index in [9.17, 15) is 13.2 Å². The van der Waals surface area contributed by atoms with E-state index in [2.05, 4.69) is 20.0 Å². The monoisotopic (exact) mass is 448 g/mol. The fourth-order valence-electron chi connectivity index (χ4n) is 3.05. The number of nitrogens with one attached hydrogen (secondary N) is 3. The predicted octanol–water partition coefficient (Wildman–Crippen LogP) is 4.18. The average molecular weight is 449 g/mol. The zero-order valence-corrected chi connectivity index (χ0v) is 17.3. The lowest BCUT2D eigenvalue weighted by Gasteiger charge is -2.11. The van der Waals surface area contributed by atoms with E-state index in [1.54, 1.807) is 30.3 Å². The molecule has 3 N–H and O–H groups in total. The van der Waals surface area contributed by atoms with Gasteiger partial charge in [-0.15, -0.1) is 0 Å². The molecule has 4 aromatic rings. The van der Waals surface area contributed by atoms with E-state index in [-0.39, 0.29) is 32.2 Å². The van der Waals surface area contributed by atoms with Crippen molar-refractivity contribution in [1.82, 2.24) is 15.3 Å². The topological polar surface area (TPSA) is 104 Å². The summed E-state index contributed by atoms with van der Waals surface area (Å²) in [6.45, 7) is 0. The zero-order valence-electron chi connectivity index (χ0n) is 15.0. The van der Waals surface area contributed by atoms with Gasteiger partial charge in [-0.25, -0.2) is 13.4 Å². The average Bonchev–Trinajstić information content (AvgIpc) is 3.08. The van der Waals surface area contributed by atoms with Crippen molar-refractivity contribution in [1.29, 1.82) is 0 Å². The molecule has 0 aliphatic rings. The highest BCUT2D eigenvalue weighted by Gasteiger charge is 2.20. The Morgan fingerprint density at radius 1 is 1.07 bits per heavy atom. The van der Waals surface area contributed by atoms with Gasteiger partial charge in [0.1, 0.15) is 0 Å². The van der Waals surface area contributed by atoms with Gasteiger partial charge in [0.25, 0.3) is 15.9 Å². The molecule has 0 aliphatic carbocycles. The van der Waals surface area contributed by atoms with Crippen molar-refractivity contribution in [2.24, 2.45) is 0 Å². The van der Waals surface area contributed by atoms with Gasteiger partial charge in [-0.05, 0) is 36.4 Å². The second kappa shape index (κ2) is 7.22. The number of rotatable bonds is 4. The molecule has 0 radical (unpaired) electrons. The Bertz CT molecular complexity index is 1360. The number of halogens is 2. The molecule has 0 spiro atoms. The summed E-state index contributed by atoms with van der Waals surface area (Å²) >= 11 is 12.2. The lowest BCUT2D eigenvalue weighted by molar-refractivity contribution is 0.0960. The van der Waals surface area contributed by atoms with Crippen LogP contribution in [0.25, 0.3) is 21.8 Å². The van der Waals surface area contributed by atoms with Crippen molar-refractivity contribution >= 4 is 66.6 Å². The third kappa shape index (κ3) is 3.39. The van der Waals surface area contributed by atoms with Crippen LogP contribution in [0, 0.1) is 0 Å². The summed E-state index contributed by atoms with van der Waals surface area (Å²) in [5.74, 6) is -0.343. The Labute approximate surface area is 176 Å². The molecule has 10 heteroatoms. The number of anilines is 1. The first-order chi connectivity index (χ1) is 13.8. The summed E-state index contributed by atoms with van der Waals surface area (Å²) in [7, 11) is -2.44. The summed E-state index contributed by atoms with van der Waals surface area (Å²) in [5, 5.41) is 4.24. The van der Waals surface area contributed by atoms with Crippen molar-refractivity contribution in [3.05, 3.63) is 64.4 Å². The first-order valence-corrected chi connectivity index (χ1v) is 10.6. The first-order valence-electron chi connectivity index (χ1n) is 8.41. The lowest BCUT2D eigenvalue weighted by atomic mass is 10.1. The smallest absolute Gasteiger partial charge is 0.271 e. The predicted molar refractivity (Wildman–Crippen MR) is 114 cm³/mol. The molecule has 0 aliphatic heterocycles. The molecular formula is C19H14Cl2N4O3S. The van der Waals surface area contributed by atoms with E-state index in [0.717, 1.165) is 0 Å². The quantitative estimate of drug-likeness (QED) is 0.435. The molecule has 2 heterocycles. The minimum absolute atomic E-state index is 0.0280. The number of benzene rings is 2. The standard InChI is InChI=1S/C19H14Cl2N4O3S/c1-22-19(26)18-16-11(7-8-23-18)12-9-10(5-6-15(12)24-16)29(27,28)25-17-13(20)3-2-4-14(17)21/h2-9,24-25H,1H3,(H,22,26). The number of hydrogen-bond donors (Lipinski definition) is 3. The first kappa shape index (κ1) is 19.5. The largest absolute Gasteiger partial charge is 0.354 e. The summed E-state index contributed by atoms with van der Waals surface area (Å²) in [5.41, 5.74) is 1.54. The molecular weight excluding hydrogens is 435 g/mol. The number of hydrogen-bond acceptors (Lipinski definition) is 4. The maximum atomic E-state index is 12.9. The number of aromatic amines is 1. The van der Waals surface area contributed by atoms with Gasteiger partial charge >= 0.3 is 0 Å². The minimum Gasteiger partial charge on any atom is -0.354 e. The van der Waals surface area contributed by atoms with Crippen LogP contribution in [0.15, 0.2) is 53.6 Å². The van der Waals surface area contributed by atoms with Crippen molar-refractivity contribution in [3.8, 4) is 0 Å². The number of H-pyrrole nitrogens is 1. The molecule has 1 amide bonds. The van der Waals surface area contributed by atoms with Crippen LogP contribution in [0.2, 0.25) is 10.0 Å². The van der Waals surface area contributed by atoms with Crippen molar-refractivity contribution in [3.63, 3.8) is 0 Å². The third-order valence-electron chi connectivity index (χ3n) is 4.44. The molecule has 0 saturated heterocycles. The van der Waals surface area contributed by atoms with E-state index in [1.165, 1.54) is 25.4 Å². The molecule has 2 aromatic carbocycles. The number of carbonyl (C=O) groups is 1. The Hall–Kier alpha value is -2.81. The summed E-state index contributed by atoms with van der Waals surface area (Å²) in [6, 6.07) is 11.0. The van der Waals surface area contributed by atoms with Gasteiger partial charge in [-0.1, -0.05) is 29.3 Å². The third-order valence-corrected chi connectivity index (χ3v) is 6.42. The summed E-state index contributed by atoms with van der Waals surface area (Å²) in [4.78, 5) is 19.3. The van der Waals surface area contributed by atoms with E-state index in [4.69, 9.17) is 23.2 Å². The van der Waals surface area contributed by atoms with Gasteiger partial charge in [0.15, 0.2) is 5.69 Å². The lowest BCUT2D eigenvalue weighted by Crippen LogP contribution is -2.19. The number of carbonyl (C=O) groups excluding carboxylic acids is 1. The summed E-state index contributed by atoms with van der Waals surface area (Å²) < 4.78 is 28.3. The number of pyridine rings is 1. The van der Waals surface area contributed by atoms with E-state index in [0.29, 0.717) is 21.8 Å². The van der Waals surface area contributed by atoms with Gasteiger partial charge < -0.3 is 10.3 Å². The van der Waals surface area contributed by atoms with Crippen molar-refractivity contribution in [2.45, 2.75) is 4.90 Å². The number of sulfonamides is 1. The number of para-hydroxylation sites is 1. The highest BCUT2D eigenvalue weighted by molar-refractivity contribution is 7.92. The van der Waals surface area contributed by atoms with Crippen molar-refractivity contribution < 1.29 is 13.2 Å². The van der Waals surface area contributed by atoms with Crippen LogP contribution in [0.3, 0.4) is 0 Å². The SMILES string of the molecule is CNC(=O)c1nccc2c1[nH]c1ccc(S(=O)(=O)Nc3c(Cl)cccc3Cl)cc12. The fraction of sp³-hybridized carbons (Fsp3) is 0.0526.